The molecule has 5 nitrogen and oxygen atoms in total. The molecule has 0 atom stereocenters. The minimum Gasteiger partial charge on any atom is -0.373 e. The standard InChI is InChI=1S/C13H15N5S/c1-14-12-9-5-19-6-10(9)16-13(17-12)11-4-15-7-18(11)8-2-3-8/h4,7-8H,2-3,5-6H2,1H3,(H,14,16,17). The van der Waals surface area contributed by atoms with Gasteiger partial charge in [-0.2, -0.15) is 11.8 Å². The van der Waals surface area contributed by atoms with Crippen LogP contribution in [0.15, 0.2) is 12.5 Å². The normalized spacial score (nSPS) is 17.5. The number of aromatic nitrogens is 4. The zero-order valence-electron chi connectivity index (χ0n) is 10.8. The molecule has 0 unspecified atom stereocenters. The summed E-state index contributed by atoms with van der Waals surface area (Å²) in [5.74, 6) is 3.76. The molecule has 0 amide bonds. The van der Waals surface area contributed by atoms with Crippen LogP contribution >= 0.6 is 11.8 Å². The number of anilines is 1. The Bertz CT molecular complexity index is 632. The summed E-state index contributed by atoms with van der Waals surface area (Å²) in [5, 5.41) is 3.20. The van der Waals surface area contributed by atoms with Crippen LogP contribution in [-0.4, -0.2) is 26.6 Å². The minimum absolute atomic E-state index is 0.599. The highest BCUT2D eigenvalue weighted by Gasteiger charge is 2.27. The largest absolute Gasteiger partial charge is 0.373 e. The van der Waals surface area contributed by atoms with Crippen LogP contribution < -0.4 is 5.32 Å². The highest BCUT2D eigenvalue weighted by Crippen LogP contribution is 2.39. The molecule has 1 saturated carbocycles. The smallest absolute Gasteiger partial charge is 0.180 e. The van der Waals surface area contributed by atoms with Gasteiger partial charge in [-0.1, -0.05) is 0 Å². The molecule has 0 spiro atoms. The third kappa shape index (κ3) is 1.82. The molecular formula is C13H15N5S. The van der Waals surface area contributed by atoms with Crippen molar-refractivity contribution < 1.29 is 0 Å². The maximum Gasteiger partial charge on any atom is 0.180 e. The van der Waals surface area contributed by atoms with E-state index in [1.807, 2.05) is 31.3 Å². The first-order chi connectivity index (χ1) is 9.36. The molecule has 1 aliphatic carbocycles. The maximum atomic E-state index is 4.74. The molecule has 0 radical (unpaired) electrons. The number of thioether (sulfide) groups is 1. The molecule has 1 aliphatic heterocycles. The van der Waals surface area contributed by atoms with Gasteiger partial charge in [0.1, 0.15) is 11.5 Å². The van der Waals surface area contributed by atoms with Crippen molar-refractivity contribution in [1.29, 1.82) is 0 Å². The molecule has 2 aliphatic rings. The van der Waals surface area contributed by atoms with Crippen LogP contribution in [0.5, 0.6) is 0 Å². The van der Waals surface area contributed by atoms with E-state index < -0.39 is 0 Å². The summed E-state index contributed by atoms with van der Waals surface area (Å²) >= 11 is 1.90. The van der Waals surface area contributed by atoms with Crippen molar-refractivity contribution in [2.24, 2.45) is 0 Å². The summed E-state index contributed by atoms with van der Waals surface area (Å²) < 4.78 is 2.21. The lowest BCUT2D eigenvalue weighted by atomic mass is 10.2. The summed E-state index contributed by atoms with van der Waals surface area (Å²) in [5.41, 5.74) is 3.47. The SMILES string of the molecule is CNc1nc(-c2cncn2C2CC2)nc2c1CSC2. The van der Waals surface area contributed by atoms with Crippen LogP contribution in [0.1, 0.15) is 30.1 Å². The van der Waals surface area contributed by atoms with E-state index in [1.165, 1.54) is 24.1 Å². The number of nitrogens with one attached hydrogen (secondary N) is 1. The molecular weight excluding hydrogens is 258 g/mol. The number of hydrogen-bond acceptors (Lipinski definition) is 5. The Labute approximate surface area is 115 Å². The predicted molar refractivity (Wildman–Crippen MR) is 76.1 cm³/mol. The molecule has 2 aromatic heterocycles. The monoisotopic (exact) mass is 273 g/mol. The van der Waals surface area contributed by atoms with E-state index in [1.54, 1.807) is 0 Å². The number of rotatable bonds is 3. The molecule has 19 heavy (non-hydrogen) atoms. The zero-order valence-corrected chi connectivity index (χ0v) is 11.6. The fourth-order valence-corrected chi connectivity index (χ4v) is 3.54. The fraction of sp³-hybridized carbons (Fsp3) is 0.462. The van der Waals surface area contributed by atoms with E-state index >= 15 is 0 Å². The molecule has 1 fully saturated rings. The Hall–Kier alpha value is -1.56. The van der Waals surface area contributed by atoms with Crippen molar-refractivity contribution >= 4 is 17.6 Å². The molecule has 6 heteroatoms. The van der Waals surface area contributed by atoms with Gasteiger partial charge in [-0.3, -0.25) is 0 Å². The third-order valence-corrected chi connectivity index (χ3v) is 4.62. The van der Waals surface area contributed by atoms with Crippen LogP contribution in [-0.2, 0) is 11.5 Å². The van der Waals surface area contributed by atoms with Gasteiger partial charge in [0.2, 0.25) is 0 Å². The van der Waals surface area contributed by atoms with Crippen molar-refractivity contribution in [1.82, 2.24) is 19.5 Å². The molecule has 3 heterocycles. The van der Waals surface area contributed by atoms with Crippen molar-refractivity contribution in [3.63, 3.8) is 0 Å². The molecule has 0 bridgehead atoms. The van der Waals surface area contributed by atoms with Gasteiger partial charge in [0.25, 0.3) is 0 Å². The lowest BCUT2D eigenvalue weighted by Gasteiger charge is -2.10. The second-order valence-electron chi connectivity index (χ2n) is 4.98. The average Bonchev–Trinajstić information content (AvgIpc) is 2.99. The second-order valence-corrected chi connectivity index (χ2v) is 5.97. The molecule has 2 aromatic rings. The van der Waals surface area contributed by atoms with E-state index in [9.17, 15) is 0 Å². The second kappa shape index (κ2) is 4.23. The first-order valence-corrected chi connectivity index (χ1v) is 7.70. The van der Waals surface area contributed by atoms with Crippen molar-refractivity contribution in [2.45, 2.75) is 30.4 Å². The fourth-order valence-electron chi connectivity index (χ4n) is 2.49. The summed E-state index contributed by atoms with van der Waals surface area (Å²) in [7, 11) is 1.92. The zero-order chi connectivity index (χ0) is 12.8. The predicted octanol–water partition coefficient (Wildman–Crippen LogP) is 2.46. The average molecular weight is 273 g/mol. The molecule has 4 rings (SSSR count). The van der Waals surface area contributed by atoms with Gasteiger partial charge in [0.15, 0.2) is 5.82 Å². The number of fused-ring (bicyclic) bond motifs is 1. The number of hydrogen-bond donors (Lipinski definition) is 1. The summed E-state index contributed by atoms with van der Waals surface area (Å²) in [6.07, 6.45) is 6.25. The molecule has 1 N–H and O–H groups in total. The van der Waals surface area contributed by atoms with Gasteiger partial charge in [-0.25, -0.2) is 15.0 Å². The van der Waals surface area contributed by atoms with Crippen LogP contribution in [0.3, 0.4) is 0 Å². The lowest BCUT2D eigenvalue weighted by Crippen LogP contribution is -2.05. The summed E-state index contributed by atoms with van der Waals surface area (Å²) in [6, 6.07) is 0.599. The maximum absolute atomic E-state index is 4.74. The van der Waals surface area contributed by atoms with Crippen molar-refractivity contribution in [3.8, 4) is 11.5 Å². The lowest BCUT2D eigenvalue weighted by molar-refractivity contribution is 0.742. The quantitative estimate of drug-likeness (QED) is 0.931. The van der Waals surface area contributed by atoms with Crippen molar-refractivity contribution in [2.75, 3.05) is 12.4 Å². The molecule has 98 valence electrons. The van der Waals surface area contributed by atoms with Gasteiger partial charge in [0.05, 0.1) is 18.2 Å². The van der Waals surface area contributed by atoms with Gasteiger partial charge in [-0.05, 0) is 12.8 Å². The Kier molecular flexibility index (Phi) is 2.51. The first kappa shape index (κ1) is 11.3. The van der Waals surface area contributed by atoms with E-state index in [4.69, 9.17) is 4.98 Å². The van der Waals surface area contributed by atoms with Gasteiger partial charge >= 0.3 is 0 Å². The molecule has 0 saturated heterocycles. The van der Waals surface area contributed by atoms with E-state index in [0.717, 1.165) is 28.8 Å². The van der Waals surface area contributed by atoms with Crippen LogP contribution in [0.25, 0.3) is 11.5 Å². The van der Waals surface area contributed by atoms with E-state index in [2.05, 4.69) is 19.9 Å². The Balaban J connectivity index is 1.84. The number of imidazole rings is 1. The van der Waals surface area contributed by atoms with Crippen LogP contribution in [0, 0.1) is 0 Å². The van der Waals surface area contributed by atoms with Gasteiger partial charge in [0, 0.05) is 30.2 Å². The van der Waals surface area contributed by atoms with Gasteiger partial charge < -0.3 is 9.88 Å². The van der Waals surface area contributed by atoms with Crippen LogP contribution in [0.4, 0.5) is 5.82 Å². The summed E-state index contributed by atoms with van der Waals surface area (Å²) in [4.78, 5) is 13.7. The molecule has 0 aromatic carbocycles. The topological polar surface area (TPSA) is 55.6 Å². The van der Waals surface area contributed by atoms with E-state index in [-0.39, 0.29) is 0 Å². The first-order valence-electron chi connectivity index (χ1n) is 6.54. The minimum atomic E-state index is 0.599. The summed E-state index contributed by atoms with van der Waals surface area (Å²) in [6.45, 7) is 0. The Morgan fingerprint density at radius 2 is 2.21 bits per heavy atom. The highest BCUT2D eigenvalue weighted by molar-refractivity contribution is 7.98. The highest BCUT2D eigenvalue weighted by atomic mass is 32.2. The van der Waals surface area contributed by atoms with E-state index in [0.29, 0.717) is 6.04 Å². The Morgan fingerprint density at radius 1 is 1.32 bits per heavy atom. The Morgan fingerprint density at radius 3 is 3.00 bits per heavy atom. The van der Waals surface area contributed by atoms with Crippen molar-refractivity contribution in [3.05, 3.63) is 23.8 Å². The van der Waals surface area contributed by atoms with Crippen LogP contribution in [0.2, 0.25) is 0 Å². The third-order valence-electron chi connectivity index (χ3n) is 3.65. The number of nitrogens with zero attached hydrogens (tertiary/aromatic N) is 4. The van der Waals surface area contributed by atoms with Gasteiger partial charge in [-0.15, -0.1) is 0 Å².